The first-order chi connectivity index (χ1) is 9.65. The highest BCUT2D eigenvalue weighted by Gasteiger charge is 2.08. The third-order valence-electron chi connectivity index (χ3n) is 2.25. The Morgan fingerprint density at radius 2 is 2.05 bits per heavy atom. The maximum absolute atomic E-state index is 11.6. The van der Waals surface area contributed by atoms with Crippen LogP contribution in [0.25, 0.3) is 0 Å². The van der Waals surface area contributed by atoms with Gasteiger partial charge in [0.1, 0.15) is 5.75 Å². The molecule has 0 saturated heterocycles. The lowest BCUT2D eigenvalue weighted by molar-refractivity contribution is -0.119. The number of nitrogens with one attached hydrogen (secondary N) is 2. The SMILES string of the molecule is O=C(CSc1cccc(O)c1)NNC(=O)c1cccs1. The number of thiophene rings is 1. The second-order valence-electron chi connectivity index (χ2n) is 3.77. The van der Waals surface area contributed by atoms with Gasteiger partial charge in [-0.2, -0.15) is 0 Å². The molecule has 0 fully saturated rings. The molecule has 2 amide bonds. The van der Waals surface area contributed by atoms with Crippen molar-refractivity contribution in [1.82, 2.24) is 10.9 Å². The zero-order valence-corrected chi connectivity index (χ0v) is 12.0. The van der Waals surface area contributed by atoms with E-state index < -0.39 is 0 Å². The molecule has 3 N–H and O–H groups in total. The lowest BCUT2D eigenvalue weighted by Gasteiger charge is -2.06. The number of phenolic OH excluding ortho intramolecular Hbond substituents is 1. The smallest absolute Gasteiger partial charge is 0.279 e. The third kappa shape index (κ3) is 4.29. The zero-order valence-electron chi connectivity index (χ0n) is 10.3. The van der Waals surface area contributed by atoms with Crippen LogP contribution in [0.4, 0.5) is 0 Å². The molecule has 7 heteroatoms. The molecule has 20 heavy (non-hydrogen) atoms. The van der Waals surface area contributed by atoms with E-state index in [0.717, 1.165) is 4.90 Å². The summed E-state index contributed by atoms with van der Waals surface area (Å²) in [6, 6.07) is 10.1. The van der Waals surface area contributed by atoms with Crippen molar-refractivity contribution in [3.05, 3.63) is 46.7 Å². The van der Waals surface area contributed by atoms with Gasteiger partial charge in [-0.15, -0.1) is 23.1 Å². The fraction of sp³-hybridized carbons (Fsp3) is 0.0769. The lowest BCUT2D eigenvalue weighted by Crippen LogP contribution is -2.42. The fourth-order valence-corrected chi connectivity index (χ4v) is 2.72. The number of carbonyl (C=O) groups is 2. The molecule has 2 aromatic rings. The molecule has 0 aliphatic carbocycles. The van der Waals surface area contributed by atoms with Gasteiger partial charge < -0.3 is 5.11 Å². The Hall–Kier alpha value is -1.99. The minimum absolute atomic E-state index is 0.147. The van der Waals surface area contributed by atoms with Gasteiger partial charge in [0.2, 0.25) is 5.91 Å². The molecule has 1 aromatic carbocycles. The van der Waals surface area contributed by atoms with E-state index in [4.69, 9.17) is 0 Å². The van der Waals surface area contributed by atoms with Crippen molar-refractivity contribution in [1.29, 1.82) is 0 Å². The summed E-state index contributed by atoms with van der Waals surface area (Å²) < 4.78 is 0. The number of rotatable bonds is 4. The predicted octanol–water partition coefficient (Wildman–Crippen LogP) is 2.01. The first kappa shape index (κ1) is 14.4. The van der Waals surface area contributed by atoms with Gasteiger partial charge in [0, 0.05) is 4.90 Å². The summed E-state index contributed by atoms with van der Waals surface area (Å²) in [5.41, 5.74) is 4.68. The molecular weight excluding hydrogens is 296 g/mol. The average molecular weight is 308 g/mol. The lowest BCUT2D eigenvalue weighted by atomic mass is 10.3. The molecule has 0 aliphatic heterocycles. The Morgan fingerprint density at radius 1 is 1.20 bits per heavy atom. The molecule has 2 rings (SSSR count). The molecule has 5 nitrogen and oxygen atoms in total. The summed E-state index contributed by atoms with van der Waals surface area (Å²) in [6.07, 6.45) is 0. The van der Waals surface area contributed by atoms with E-state index in [1.54, 1.807) is 41.8 Å². The van der Waals surface area contributed by atoms with Gasteiger partial charge in [0.15, 0.2) is 0 Å². The Kier molecular flexibility index (Phi) is 5.03. The molecule has 0 saturated carbocycles. The average Bonchev–Trinajstić information content (AvgIpc) is 2.97. The van der Waals surface area contributed by atoms with E-state index in [0.29, 0.717) is 4.88 Å². The Morgan fingerprint density at radius 3 is 2.75 bits per heavy atom. The summed E-state index contributed by atoms with van der Waals surface area (Å²) in [5, 5.41) is 11.1. The monoisotopic (exact) mass is 308 g/mol. The van der Waals surface area contributed by atoms with Crippen LogP contribution < -0.4 is 10.9 Å². The van der Waals surface area contributed by atoms with Crippen LogP contribution in [0.2, 0.25) is 0 Å². The fourth-order valence-electron chi connectivity index (χ4n) is 1.35. The van der Waals surface area contributed by atoms with Crippen molar-refractivity contribution < 1.29 is 14.7 Å². The van der Waals surface area contributed by atoms with E-state index in [9.17, 15) is 14.7 Å². The number of hydrazine groups is 1. The molecule has 1 heterocycles. The predicted molar refractivity (Wildman–Crippen MR) is 78.8 cm³/mol. The van der Waals surface area contributed by atoms with Crippen LogP contribution in [0.15, 0.2) is 46.7 Å². The second kappa shape index (κ2) is 6.97. The van der Waals surface area contributed by atoms with Crippen LogP contribution in [0.1, 0.15) is 9.67 Å². The number of hydrogen-bond donors (Lipinski definition) is 3. The highest BCUT2D eigenvalue weighted by Crippen LogP contribution is 2.21. The topological polar surface area (TPSA) is 78.4 Å². The second-order valence-corrected chi connectivity index (χ2v) is 5.76. The van der Waals surface area contributed by atoms with Gasteiger partial charge >= 0.3 is 0 Å². The maximum atomic E-state index is 11.6. The Labute approximate surface area is 124 Å². The van der Waals surface area contributed by atoms with Crippen LogP contribution in [-0.4, -0.2) is 22.7 Å². The quantitative estimate of drug-likeness (QED) is 0.596. The minimum atomic E-state index is -0.337. The van der Waals surface area contributed by atoms with Gasteiger partial charge in [-0.1, -0.05) is 12.1 Å². The molecule has 0 unspecified atom stereocenters. The number of carbonyl (C=O) groups excluding carboxylic acids is 2. The van der Waals surface area contributed by atoms with Gasteiger partial charge in [0.05, 0.1) is 10.6 Å². The van der Waals surface area contributed by atoms with E-state index in [1.807, 2.05) is 0 Å². The minimum Gasteiger partial charge on any atom is -0.508 e. The molecule has 0 spiro atoms. The highest BCUT2D eigenvalue weighted by atomic mass is 32.2. The van der Waals surface area contributed by atoms with Crippen molar-refractivity contribution >= 4 is 34.9 Å². The van der Waals surface area contributed by atoms with E-state index in [2.05, 4.69) is 10.9 Å². The summed E-state index contributed by atoms with van der Waals surface area (Å²) in [4.78, 5) is 24.5. The van der Waals surface area contributed by atoms with Crippen LogP contribution in [0.3, 0.4) is 0 Å². The standard InChI is InChI=1S/C13H12N2O3S2/c16-9-3-1-4-10(7-9)20-8-12(17)14-15-13(18)11-5-2-6-19-11/h1-7,16H,8H2,(H,14,17)(H,15,18). The molecule has 104 valence electrons. The van der Waals surface area contributed by atoms with Gasteiger partial charge in [-0.3, -0.25) is 20.4 Å². The van der Waals surface area contributed by atoms with Crippen LogP contribution in [0, 0.1) is 0 Å². The van der Waals surface area contributed by atoms with Crippen molar-refractivity contribution in [2.24, 2.45) is 0 Å². The molecule has 0 bridgehead atoms. The van der Waals surface area contributed by atoms with Crippen molar-refractivity contribution in [2.45, 2.75) is 4.90 Å². The maximum Gasteiger partial charge on any atom is 0.279 e. The van der Waals surface area contributed by atoms with Gasteiger partial charge in [-0.25, -0.2) is 0 Å². The molecular formula is C13H12N2O3S2. The first-order valence-electron chi connectivity index (χ1n) is 5.69. The number of phenols is 1. The number of thioether (sulfide) groups is 1. The Bertz CT molecular complexity index is 599. The zero-order chi connectivity index (χ0) is 14.4. The summed E-state index contributed by atoms with van der Waals surface area (Å²) in [6.45, 7) is 0. The number of benzene rings is 1. The normalized spacial score (nSPS) is 10.0. The van der Waals surface area contributed by atoms with Gasteiger partial charge in [-0.05, 0) is 29.6 Å². The number of hydrogen-bond acceptors (Lipinski definition) is 5. The molecule has 0 radical (unpaired) electrons. The molecule has 1 aromatic heterocycles. The molecule has 0 aliphatic rings. The van der Waals surface area contributed by atoms with Crippen LogP contribution in [-0.2, 0) is 4.79 Å². The largest absolute Gasteiger partial charge is 0.508 e. The van der Waals surface area contributed by atoms with Crippen molar-refractivity contribution in [2.75, 3.05) is 5.75 Å². The van der Waals surface area contributed by atoms with Crippen molar-refractivity contribution in [3.63, 3.8) is 0 Å². The van der Waals surface area contributed by atoms with Crippen molar-refractivity contribution in [3.8, 4) is 5.75 Å². The molecule has 0 atom stereocenters. The highest BCUT2D eigenvalue weighted by molar-refractivity contribution is 8.00. The van der Waals surface area contributed by atoms with Crippen LogP contribution >= 0.6 is 23.1 Å². The van der Waals surface area contributed by atoms with E-state index in [-0.39, 0.29) is 23.3 Å². The van der Waals surface area contributed by atoms with E-state index in [1.165, 1.54) is 23.1 Å². The first-order valence-corrected chi connectivity index (χ1v) is 7.56. The Balaban J connectivity index is 1.74. The summed E-state index contributed by atoms with van der Waals surface area (Å²) in [7, 11) is 0. The third-order valence-corrected chi connectivity index (χ3v) is 4.11. The summed E-state index contributed by atoms with van der Waals surface area (Å²) >= 11 is 2.57. The summed E-state index contributed by atoms with van der Waals surface area (Å²) in [5.74, 6) is -0.353. The van der Waals surface area contributed by atoms with Crippen LogP contribution in [0.5, 0.6) is 5.75 Å². The number of aromatic hydroxyl groups is 1. The van der Waals surface area contributed by atoms with E-state index >= 15 is 0 Å². The van der Waals surface area contributed by atoms with Gasteiger partial charge in [0.25, 0.3) is 5.91 Å². The number of amides is 2.